The molecule has 1 fully saturated rings. The Bertz CT molecular complexity index is 449. The van der Waals surface area contributed by atoms with Crippen LogP contribution in [0.25, 0.3) is 0 Å². The standard InChI is InChI=1S/C15H25NO4Si/c1-20-21(2,3)8-4-7-16-14(17)12-10-5-6-11(9-10)13(12)15(18)19/h5-6,10-13H,4,7-9H2,1-3H3,(H,16,17)(H,18,19). The van der Waals surface area contributed by atoms with Gasteiger partial charge in [0.25, 0.3) is 0 Å². The van der Waals surface area contributed by atoms with Crippen LogP contribution in [-0.2, 0) is 14.0 Å². The van der Waals surface area contributed by atoms with Gasteiger partial charge in [-0.1, -0.05) is 12.2 Å². The molecule has 2 rings (SSSR count). The largest absolute Gasteiger partial charge is 0.481 e. The van der Waals surface area contributed by atoms with Gasteiger partial charge in [0, 0.05) is 13.7 Å². The van der Waals surface area contributed by atoms with Gasteiger partial charge in [-0.15, -0.1) is 0 Å². The van der Waals surface area contributed by atoms with Crippen molar-refractivity contribution in [1.82, 2.24) is 5.32 Å². The second kappa shape index (κ2) is 6.32. The summed E-state index contributed by atoms with van der Waals surface area (Å²) in [7, 11) is 0.158. The molecule has 4 unspecified atom stereocenters. The third-order valence-electron chi connectivity index (χ3n) is 4.85. The van der Waals surface area contributed by atoms with Crippen molar-refractivity contribution < 1.29 is 19.1 Å². The van der Waals surface area contributed by atoms with Gasteiger partial charge in [-0.3, -0.25) is 9.59 Å². The highest BCUT2D eigenvalue weighted by molar-refractivity contribution is 6.71. The van der Waals surface area contributed by atoms with Crippen LogP contribution in [0.4, 0.5) is 0 Å². The van der Waals surface area contributed by atoms with Crippen LogP contribution in [-0.4, -0.2) is 39.0 Å². The zero-order chi connectivity index (χ0) is 15.6. The lowest BCUT2D eigenvalue weighted by Crippen LogP contribution is -2.41. The summed E-state index contributed by atoms with van der Waals surface area (Å²) in [6, 6.07) is 0.989. The quantitative estimate of drug-likeness (QED) is 0.427. The second-order valence-electron chi connectivity index (χ2n) is 6.70. The fourth-order valence-electron chi connectivity index (χ4n) is 3.46. The second-order valence-corrected chi connectivity index (χ2v) is 11.1. The smallest absolute Gasteiger partial charge is 0.307 e. The highest BCUT2D eigenvalue weighted by Crippen LogP contribution is 2.48. The van der Waals surface area contributed by atoms with Crippen LogP contribution in [0.5, 0.6) is 0 Å². The normalized spacial score (nSPS) is 30.6. The lowest BCUT2D eigenvalue weighted by atomic mass is 9.82. The van der Waals surface area contributed by atoms with E-state index in [1.165, 1.54) is 0 Å². The molecule has 0 saturated heterocycles. The van der Waals surface area contributed by atoms with E-state index in [1.54, 1.807) is 7.11 Å². The molecule has 1 saturated carbocycles. The molecule has 2 bridgehead atoms. The van der Waals surface area contributed by atoms with E-state index in [1.807, 2.05) is 12.2 Å². The van der Waals surface area contributed by atoms with Gasteiger partial charge in [0.15, 0.2) is 8.32 Å². The van der Waals surface area contributed by atoms with E-state index >= 15 is 0 Å². The third-order valence-corrected chi connectivity index (χ3v) is 7.52. The maximum atomic E-state index is 12.3. The van der Waals surface area contributed by atoms with E-state index in [4.69, 9.17) is 4.43 Å². The van der Waals surface area contributed by atoms with Gasteiger partial charge in [-0.2, -0.15) is 0 Å². The van der Waals surface area contributed by atoms with Gasteiger partial charge in [-0.25, -0.2) is 0 Å². The van der Waals surface area contributed by atoms with Crippen molar-refractivity contribution >= 4 is 20.2 Å². The van der Waals surface area contributed by atoms with Crippen molar-refractivity contribution in [2.75, 3.05) is 13.7 Å². The molecule has 4 atom stereocenters. The molecule has 0 heterocycles. The summed E-state index contributed by atoms with van der Waals surface area (Å²) in [5.41, 5.74) is 0. The van der Waals surface area contributed by atoms with Gasteiger partial charge in [0.05, 0.1) is 11.8 Å². The zero-order valence-electron chi connectivity index (χ0n) is 13.0. The Morgan fingerprint density at radius 2 is 1.90 bits per heavy atom. The van der Waals surface area contributed by atoms with Gasteiger partial charge in [-0.05, 0) is 43.8 Å². The molecule has 0 aromatic rings. The Balaban J connectivity index is 1.83. The number of carboxylic acid groups (broad SMARTS) is 1. The SMILES string of the molecule is CO[Si](C)(C)CCCNC(=O)C1C2C=CC(C2)C1C(=O)O. The van der Waals surface area contributed by atoms with Crippen LogP contribution in [0.15, 0.2) is 12.2 Å². The fraction of sp³-hybridized carbons (Fsp3) is 0.733. The number of rotatable bonds is 7. The molecule has 0 spiro atoms. The molecule has 0 aromatic carbocycles. The fourth-order valence-corrected chi connectivity index (χ4v) is 4.69. The van der Waals surface area contributed by atoms with Crippen molar-refractivity contribution in [1.29, 1.82) is 0 Å². The molecule has 5 nitrogen and oxygen atoms in total. The van der Waals surface area contributed by atoms with E-state index in [9.17, 15) is 14.7 Å². The topological polar surface area (TPSA) is 75.6 Å². The van der Waals surface area contributed by atoms with E-state index in [2.05, 4.69) is 18.4 Å². The van der Waals surface area contributed by atoms with Crippen LogP contribution < -0.4 is 5.32 Å². The minimum atomic E-state index is -1.58. The maximum Gasteiger partial charge on any atom is 0.307 e. The van der Waals surface area contributed by atoms with E-state index in [0.717, 1.165) is 18.9 Å². The zero-order valence-corrected chi connectivity index (χ0v) is 14.0. The highest BCUT2D eigenvalue weighted by Gasteiger charge is 2.51. The van der Waals surface area contributed by atoms with Crippen LogP contribution in [0.3, 0.4) is 0 Å². The number of aliphatic carboxylic acids is 1. The first-order chi connectivity index (χ1) is 9.85. The van der Waals surface area contributed by atoms with Gasteiger partial charge in [0.2, 0.25) is 5.91 Å². The molecule has 0 radical (unpaired) electrons. The summed E-state index contributed by atoms with van der Waals surface area (Å²) in [5, 5.41) is 12.3. The molecule has 6 heteroatoms. The number of hydrogen-bond acceptors (Lipinski definition) is 3. The number of carbonyl (C=O) groups is 2. The Morgan fingerprint density at radius 1 is 1.29 bits per heavy atom. The number of fused-ring (bicyclic) bond motifs is 2. The maximum absolute atomic E-state index is 12.3. The minimum absolute atomic E-state index is 0.0306. The summed E-state index contributed by atoms with van der Waals surface area (Å²) in [6.45, 7) is 4.90. The summed E-state index contributed by atoms with van der Waals surface area (Å²) in [5.74, 6) is -1.77. The Hall–Kier alpha value is -1.14. The average molecular weight is 311 g/mol. The van der Waals surface area contributed by atoms with E-state index in [-0.39, 0.29) is 17.7 Å². The Kier molecular flexibility index (Phi) is 4.88. The van der Waals surface area contributed by atoms with Crippen LogP contribution >= 0.6 is 0 Å². The summed E-state index contributed by atoms with van der Waals surface area (Å²) in [4.78, 5) is 23.7. The van der Waals surface area contributed by atoms with Crippen molar-refractivity contribution in [2.45, 2.75) is 32.0 Å². The van der Waals surface area contributed by atoms with Gasteiger partial charge < -0.3 is 14.8 Å². The molecule has 2 aliphatic rings. The highest BCUT2D eigenvalue weighted by atomic mass is 28.4. The summed E-state index contributed by atoms with van der Waals surface area (Å²) < 4.78 is 5.47. The summed E-state index contributed by atoms with van der Waals surface area (Å²) >= 11 is 0. The predicted octanol–water partition coefficient (Wildman–Crippen LogP) is 1.87. The first-order valence-corrected chi connectivity index (χ1v) is 10.7. The number of carboxylic acids is 1. The molecule has 21 heavy (non-hydrogen) atoms. The number of carbonyl (C=O) groups excluding carboxylic acids is 1. The number of nitrogens with one attached hydrogen (secondary N) is 1. The van der Waals surface area contributed by atoms with Crippen LogP contribution in [0, 0.1) is 23.7 Å². The first kappa shape index (κ1) is 16.2. The summed E-state index contributed by atoms with van der Waals surface area (Å²) in [6.07, 6.45) is 5.65. The van der Waals surface area contributed by atoms with Crippen molar-refractivity contribution in [2.24, 2.45) is 23.7 Å². The number of allylic oxidation sites excluding steroid dienone is 2. The predicted molar refractivity (Wildman–Crippen MR) is 82.3 cm³/mol. The van der Waals surface area contributed by atoms with Gasteiger partial charge in [0.1, 0.15) is 0 Å². The molecular formula is C15H25NO4Si. The third kappa shape index (κ3) is 3.55. The van der Waals surface area contributed by atoms with Gasteiger partial charge >= 0.3 is 5.97 Å². The van der Waals surface area contributed by atoms with Crippen LogP contribution in [0.2, 0.25) is 19.1 Å². The van der Waals surface area contributed by atoms with Crippen LogP contribution in [0.1, 0.15) is 12.8 Å². The van der Waals surface area contributed by atoms with Crippen molar-refractivity contribution in [3.8, 4) is 0 Å². The molecule has 2 N–H and O–H groups in total. The lowest BCUT2D eigenvalue weighted by Gasteiger charge is -2.24. The molecule has 118 valence electrons. The molecule has 0 aromatic heterocycles. The molecular weight excluding hydrogens is 286 g/mol. The molecule has 0 aliphatic heterocycles. The lowest BCUT2D eigenvalue weighted by molar-refractivity contribution is -0.147. The minimum Gasteiger partial charge on any atom is -0.481 e. The number of amides is 1. The molecule has 1 amide bonds. The van der Waals surface area contributed by atoms with Crippen molar-refractivity contribution in [3.63, 3.8) is 0 Å². The molecule has 2 aliphatic carbocycles. The van der Waals surface area contributed by atoms with E-state index in [0.29, 0.717) is 6.54 Å². The average Bonchev–Trinajstić information content (AvgIpc) is 3.03. The first-order valence-electron chi connectivity index (χ1n) is 7.60. The Morgan fingerprint density at radius 3 is 2.48 bits per heavy atom. The van der Waals surface area contributed by atoms with E-state index < -0.39 is 26.1 Å². The number of hydrogen-bond donors (Lipinski definition) is 2. The monoisotopic (exact) mass is 311 g/mol. The van der Waals surface area contributed by atoms with Crippen molar-refractivity contribution in [3.05, 3.63) is 12.2 Å². The Labute approximate surface area is 126 Å².